The van der Waals surface area contributed by atoms with E-state index in [2.05, 4.69) is 15.1 Å². The van der Waals surface area contributed by atoms with Crippen LogP contribution in [-0.4, -0.2) is 26.3 Å². The van der Waals surface area contributed by atoms with Crippen molar-refractivity contribution in [3.63, 3.8) is 0 Å². The van der Waals surface area contributed by atoms with Gasteiger partial charge in [-0.25, -0.2) is 14.4 Å². The number of benzene rings is 1. The van der Waals surface area contributed by atoms with Crippen LogP contribution in [0.25, 0.3) is 11.5 Å². The molecule has 2 aromatic heterocycles. The third kappa shape index (κ3) is 3.17. The number of hydrogen-bond donors (Lipinski definition) is 1. The monoisotopic (exact) mass is 341 g/mol. The average Bonchev–Trinajstić information content (AvgIpc) is 3.00. The summed E-state index contributed by atoms with van der Waals surface area (Å²) in [5, 5.41) is 12.6. The second-order valence-corrected chi connectivity index (χ2v) is 6.21. The third-order valence-corrected chi connectivity index (χ3v) is 4.43. The van der Waals surface area contributed by atoms with Crippen molar-refractivity contribution in [3.05, 3.63) is 53.6 Å². The molecule has 0 bridgehead atoms. The number of hydrogen-bond acceptors (Lipinski definition) is 6. The average molecular weight is 341 g/mol. The number of aromatic nitrogens is 3. The van der Waals surface area contributed by atoms with Crippen molar-refractivity contribution in [2.45, 2.75) is 31.8 Å². The molecule has 0 aliphatic heterocycles. The Morgan fingerprint density at radius 3 is 2.68 bits per heavy atom. The lowest BCUT2D eigenvalue weighted by Gasteiger charge is -2.35. The van der Waals surface area contributed by atoms with E-state index in [1.165, 1.54) is 18.5 Å². The first-order valence-corrected chi connectivity index (χ1v) is 7.99. The Labute approximate surface area is 143 Å². The molecule has 1 aliphatic rings. The van der Waals surface area contributed by atoms with Gasteiger partial charge in [-0.15, -0.1) is 0 Å². The van der Waals surface area contributed by atoms with Gasteiger partial charge in [-0.2, -0.15) is 0 Å². The summed E-state index contributed by atoms with van der Waals surface area (Å²) < 4.78 is 24.3. The summed E-state index contributed by atoms with van der Waals surface area (Å²) in [5.41, 5.74) is 2.13. The maximum absolute atomic E-state index is 13.6. The maximum atomic E-state index is 13.6. The van der Waals surface area contributed by atoms with Gasteiger partial charge in [0.25, 0.3) is 5.88 Å². The quantitative estimate of drug-likeness (QED) is 0.781. The van der Waals surface area contributed by atoms with Crippen LogP contribution in [0.5, 0.6) is 11.8 Å². The Hall–Kier alpha value is -2.96. The van der Waals surface area contributed by atoms with E-state index >= 15 is 0 Å². The zero-order chi connectivity index (χ0) is 17.4. The largest absolute Gasteiger partial charge is 0.491 e. The molecular formula is C18H16FN3O3. The fourth-order valence-corrected chi connectivity index (χ4v) is 2.86. The zero-order valence-electron chi connectivity index (χ0n) is 13.5. The number of ether oxygens (including phenoxy) is 1. The van der Waals surface area contributed by atoms with Crippen LogP contribution in [0, 0.1) is 12.7 Å². The normalized spacial score (nSPS) is 19.4. The SMILES string of the molecule is Cc1ccc(C2CC(Oc3cnc(-c4cc(O)no4)cn3)C2)cc1F. The van der Waals surface area contributed by atoms with Crippen LogP contribution in [0.1, 0.15) is 29.9 Å². The molecule has 1 saturated carbocycles. The van der Waals surface area contributed by atoms with Crippen LogP contribution >= 0.6 is 0 Å². The summed E-state index contributed by atoms with van der Waals surface area (Å²) >= 11 is 0. The molecule has 1 aliphatic carbocycles. The molecule has 1 N–H and O–H groups in total. The minimum absolute atomic E-state index is 0.0452. The lowest BCUT2D eigenvalue weighted by molar-refractivity contribution is 0.0930. The van der Waals surface area contributed by atoms with Gasteiger partial charge in [-0.1, -0.05) is 12.1 Å². The Morgan fingerprint density at radius 2 is 2.04 bits per heavy atom. The molecule has 7 heteroatoms. The van der Waals surface area contributed by atoms with E-state index in [0.29, 0.717) is 28.8 Å². The molecular weight excluding hydrogens is 325 g/mol. The predicted molar refractivity (Wildman–Crippen MR) is 86.7 cm³/mol. The molecule has 128 valence electrons. The van der Waals surface area contributed by atoms with E-state index in [4.69, 9.17) is 9.26 Å². The second kappa shape index (κ2) is 6.16. The Kier molecular flexibility index (Phi) is 3.83. The minimum Gasteiger partial charge on any atom is -0.491 e. The summed E-state index contributed by atoms with van der Waals surface area (Å²) in [7, 11) is 0. The molecule has 0 unspecified atom stereocenters. The van der Waals surface area contributed by atoms with Crippen LogP contribution < -0.4 is 4.74 Å². The standard InChI is InChI=1S/C18H16FN3O3/c1-10-2-3-11(6-14(10)19)12-4-13(5-12)24-18-9-20-15(8-21-18)16-7-17(23)22-25-16/h2-3,6-9,12-13H,4-5H2,1H3,(H,22,23). The van der Waals surface area contributed by atoms with Crippen LogP contribution in [0.4, 0.5) is 4.39 Å². The maximum Gasteiger partial charge on any atom is 0.252 e. The molecule has 1 aromatic carbocycles. The van der Waals surface area contributed by atoms with Gasteiger partial charge in [0.05, 0.1) is 18.5 Å². The number of halogens is 1. The highest BCUT2D eigenvalue weighted by molar-refractivity contribution is 5.51. The van der Waals surface area contributed by atoms with E-state index in [9.17, 15) is 9.50 Å². The summed E-state index contributed by atoms with van der Waals surface area (Å²) in [6, 6.07) is 6.75. The minimum atomic E-state index is -0.204. The van der Waals surface area contributed by atoms with Crippen LogP contribution in [0.2, 0.25) is 0 Å². The van der Waals surface area contributed by atoms with Crippen molar-refractivity contribution in [1.29, 1.82) is 0 Å². The van der Waals surface area contributed by atoms with Gasteiger partial charge in [0.2, 0.25) is 5.88 Å². The van der Waals surface area contributed by atoms with Gasteiger partial charge in [0.15, 0.2) is 5.76 Å². The lowest BCUT2D eigenvalue weighted by atomic mass is 9.77. The van der Waals surface area contributed by atoms with E-state index < -0.39 is 0 Å². The molecule has 0 amide bonds. The Bertz CT molecular complexity index is 889. The first-order chi connectivity index (χ1) is 12.1. The van der Waals surface area contributed by atoms with Crippen molar-refractivity contribution in [2.24, 2.45) is 0 Å². The smallest absolute Gasteiger partial charge is 0.252 e. The van der Waals surface area contributed by atoms with E-state index in [1.54, 1.807) is 13.0 Å². The molecule has 25 heavy (non-hydrogen) atoms. The van der Waals surface area contributed by atoms with Crippen molar-refractivity contribution in [1.82, 2.24) is 15.1 Å². The molecule has 0 spiro atoms. The topological polar surface area (TPSA) is 81.3 Å². The number of aromatic hydroxyl groups is 1. The Morgan fingerprint density at radius 1 is 1.20 bits per heavy atom. The van der Waals surface area contributed by atoms with Crippen molar-refractivity contribution in [3.8, 4) is 23.2 Å². The van der Waals surface area contributed by atoms with Crippen LogP contribution in [0.15, 0.2) is 41.2 Å². The number of aryl methyl sites for hydroxylation is 1. The van der Waals surface area contributed by atoms with E-state index in [-0.39, 0.29) is 17.8 Å². The van der Waals surface area contributed by atoms with Crippen molar-refractivity contribution < 1.29 is 18.8 Å². The summed E-state index contributed by atoms with van der Waals surface area (Å²) in [4.78, 5) is 8.39. The summed E-state index contributed by atoms with van der Waals surface area (Å²) in [6.45, 7) is 1.76. The highest BCUT2D eigenvalue weighted by Gasteiger charge is 2.32. The molecule has 4 rings (SSSR count). The second-order valence-electron chi connectivity index (χ2n) is 6.21. The number of rotatable bonds is 4. The predicted octanol–water partition coefficient (Wildman–Crippen LogP) is 3.61. The lowest BCUT2D eigenvalue weighted by Crippen LogP contribution is -2.32. The first-order valence-electron chi connectivity index (χ1n) is 7.99. The van der Waals surface area contributed by atoms with Crippen molar-refractivity contribution >= 4 is 0 Å². The molecule has 0 radical (unpaired) electrons. The van der Waals surface area contributed by atoms with Gasteiger partial charge in [-0.3, -0.25) is 0 Å². The summed E-state index contributed by atoms with van der Waals surface area (Å²) in [6.07, 6.45) is 4.70. The van der Waals surface area contributed by atoms with E-state index in [0.717, 1.165) is 18.4 Å². The zero-order valence-corrected chi connectivity index (χ0v) is 13.5. The third-order valence-electron chi connectivity index (χ3n) is 4.43. The fraction of sp³-hybridized carbons (Fsp3) is 0.278. The molecule has 2 heterocycles. The van der Waals surface area contributed by atoms with Gasteiger partial charge in [0.1, 0.15) is 17.6 Å². The Balaban J connectivity index is 1.35. The molecule has 6 nitrogen and oxygen atoms in total. The van der Waals surface area contributed by atoms with E-state index in [1.807, 2.05) is 12.1 Å². The molecule has 0 saturated heterocycles. The van der Waals surface area contributed by atoms with Crippen molar-refractivity contribution in [2.75, 3.05) is 0 Å². The molecule has 0 atom stereocenters. The van der Waals surface area contributed by atoms with Crippen LogP contribution in [0.3, 0.4) is 0 Å². The van der Waals surface area contributed by atoms with Gasteiger partial charge >= 0.3 is 0 Å². The highest BCUT2D eigenvalue weighted by atomic mass is 19.1. The highest BCUT2D eigenvalue weighted by Crippen LogP contribution is 2.39. The number of nitrogens with zero attached hydrogens (tertiary/aromatic N) is 3. The molecule has 1 fully saturated rings. The summed E-state index contributed by atoms with van der Waals surface area (Å²) in [5.74, 6) is 0.698. The molecule has 3 aromatic rings. The van der Waals surface area contributed by atoms with Gasteiger partial charge in [0, 0.05) is 0 Å². The first kappa shape index (κ1) is 15.6. The van der Waals surface area contributed by atoms with Crippen LogP contribution in [-0.2, 0) is 0 Å². The fourth-order valence-electron chi connectivity index (χ4n) is 2.86. The van der Waals surface area contributed by atoms with Gasteiger partial charge < -0.3 is 14.4 Å². The van der Waals surface area contributed by atoms with Gasteiger partial charge in [-0.05, 0) is 48.0 Å².